The van der Waals surface area contributed by atoms with Gasteiger partial charge >= 0.3 is 0 Å². The van der Waals surface area contributed by atoms with Crippen molar-refractivity contribution < 1.29 is 4.79 Å². The number of nitrogens with one attached hydrogen (secondary N) is 1. The first-order chi connectivity index (χ1) is 10.5. The molecule has 1 aliphatic heterocycles. The second-order valence-corrected chi connectivity index (χ2v) is 6.34. The molecular formula is C17H28N4O. The van der Waals surface area contributed by atoms with Gasteiger partial charge in [0.15, 0.2) is 0 Å². The van der Waals surface area contributed by atoms with E-state index >= 15 is 0 Å². The first-order valence-electron chi connectivity index (χ1n) is 8.08. The highest BCUT2D eigenvalue weighted by Crippen LogP contribution is 2.14. The maximum Gasteiger partial charge on any atom is 0.224 e. The Hall–Kier alpha value is -1.43. The van der Waals surface area contributed by atoms with Crippen molar-refractivity contribution in [3.8, 4) is 0 Å². The summed E-state index contributed by atoms with van der Waals surface area (Å²) in [5, 5.41) is 2.96. The number of amides is 1. The molecule has 122 valence electrons. The van der Waals surface area contributed by atoms with Crippen LogP contribution in [0.4, 0.5) is 5.69 Å². The van der Waals surface area contributed by atoms with Crippen LogP contribution in [0, 0.1) is 0 Å². The summed E-state index contributed by atoms with van der Waals surface area (Å²) < 4.78 is 0. The van der Waals surface area contributed by atoms with Gasteiger partial charge in [0, 0.05) is 50.9 Å². The third kappa shape index (κ3) is 5.75. The molecule has 1 aromatic rings. The van der Waals surface area contributed by atoms with Crippen molar-refractivity contribution in [2.45, 2.75) is 32.4 Å². The fourth-order valence-electron chi connectivity index (χ4n) is 2.59. The van der Waals surface area contributed by atoms with Crippen molar-refractivity contribution in [3.05, 3.63) is 29.8 Å². The Morgan fingerprint density at radius 3 is 2.73 bits per heavy atom. The normalized spacial score (nSPS) is 18.1. The lowest BCUT2D eigenvalue weighted by Crippen LogP contribution is -2.43. The van der Waals surface area contributed by atoms with Crippen LogP contribution in [0.2, 0.25) is 0 Å². The molecule has 0 aliphatic carbocycles. The topological polar surface area (TPSA) is 61.6 Å². The lowest BCUT2D eigenvalue weighted by Gasteiger charge is -2.32. The molecule has 22 heavy (non-hydrogen) atoms. The van der Waals surface area contributed by atoms with Gasteiger partial charge in [0.1, 0.15) is 0 Å². The number of carbonyl (C=O) groups excluding carboxylic acids is 1. The molecule has 1 atom stereocenters. The van der Waals surface area contributed by atoms with Gasteiger partial charge in [-0.3, -0.25) is 9.69 Å². The number of carbonyl (C=O) groups is 1. The molecule has 0 bridgehead atoms. The Bertz CT molecular complexity index is 481. The molecule has 5 heteroatoms. The molecule has 0 aromatic heterocycles. The van der Waals surface area contributed by atoms with E-state index in [-0.39, 0.29) is 11.9 Å². The van der Waals surface area contributed by atoms with Crippen molar-refractivity contribution >= 4 is 11.6 Å². The van der Waals surface area contributed by atoms with Gasteiger partial charge in [-0.2, -0.15) is 0 Å². The SMILES string of the molecule is CC(N)CCC(=O)Nc1cccc(CN2CCN(C)CC2)c1. The number of piperazine rings is 1. The Labute approximate surface area is 133 Å². The monoisotopic (exact) mass is 304 g/mol. The summed E-state index contributed by atoms with van der Waals surface area (Å²) in [6.07, 6.45) is 1.19. The highest BCUT2D eigenvalue weighted by atomic mass is 16.1. The summed E-state index contributed by atoms with van der Waals surface area (Å²) in [6, 6.07) is 8.20. The van der Waals surface area contributed by atoms with Crippen molar-refractivity contribution in [2.75, 3.05) is 38.5 Å². The lowest BCUT2D eigenvalue weighted by molar-refractivity contribution is -0.116. The van der Waals surface area contributed by atoms with Crippen LogP contribution in [-0.2, 0) is 11.3 Å². The number of hydrogen-bond acceptors (Lipinski definition) is 4. The molecule has 1 fully saturated rings. The van der Waals surface area contributed by atoms with Gasteiger partial charge in [0.25, 0.3) is 0 Å². The van der Waals surface area contributed by atoms with E-state index in [1.165, 1.54) is 5.56 Å². The zero-order valence-corrected chi connectivity index (χ0v) is 13.7. The molecule has 1 amide bonds. The summed E-state index contributed by atoms with van der Waals surface area (Å²) in [5.41, 5.74) is 7.80. The molecule has 5 nitrogen and oxygen atoms in total. The summed E-state index contributed by atoms with van der Waals surface area (Å²) in [5.74, 6) is 0.0362. The minimum atomic E-state index is 0.0362. The lowest BCUT2D eigenvalue weighted by atomic mass is 10.1. The Kier molecular flexibility index (Phi) is 6.36. The first-order valence-corrected chi connectivity index (χ1v) is 8.08. The average Bonchev–Trinajstić information content (AvgIpc) is 2.48. The van der Waals surface area contributed by atoms with Gasteiger partial charge in [-0.15, -0.1) is 0 Å². The molecule has 1 unspecified atom stereocenters. The van der Waals surface area contributed by atoms with Crippen LogP contribution >= 0.6 is 0 Å². The van der Waals surface area contributed by atoms with Crippen molar-refractivity contribution in [1.82, 2.24) is 9.80 Å². The third-order valence-corrected chi connectivity index (χ3v) is 4.04. The zero-order valence-electron chi connectivity index (χ0n) is 13.7. The van der Waals surface area contributed by atoms with Gasteiger partial charge in [0.2, 0.25) is 5.91 Å². The van der Waals surface area contributed by atoms with E-state index in [4.69, 9.17) is 5.73 Å². The predicted molar refractivity (Wildman–Crippen MR) is 90.7 cm³/mol. The summed E-state index contributed by atoms with van der Waals surface area (Å²) in [4.78, 5) is 16.7. The number of anilines is 1. The van der Waals surface area contributed by atoms with Gasteiger partial charge in [0.05, 0.1) is 0 Å². The van der Waals surface area contributed by atoms with E-state index in [1.807, 2.05) is 19.1 Å². The maximum atomic E-state index is 11.9. The smallest absolute Gasteiger partial charge is 0.224 e. The van der Waals surface area contributed by atoms with Gasteiger partial charge in [-0.05, 0) is 38.1 Å². The number of nitrogens with two attached hydrogens (primary N) is 1. The van der Waals surface area contributed by atoms with Crippen LogP contribution in [0.25, 0.3) is 0 Å². The number of rotatable bonds is 6. The average molecular weight is 304 g/mol. The van der Waals surface area contributed by atoms with E-state index in [9.17, 15) is 4.79 Å². The van der Waals surface area contributed by atoms with Gasteiger partial charge < -0.3 is 16.0 Å². The number of likely N-dealkylation sites (N-methyl/N-ethyl adjacent to an activating group) is 1. The van der Waals surface area contributed by atoms with E-state index in [2.05, 4.69) is 34.3 Å². The molecule has 1 saturated heterocycles. The molecular weight excluding hydrogens is 276 g/mol. The van der Waals surface area contributed by atoms with Crippen molar-refractivity contribution in [1.29, 1.82) is 0 Å². The van der Waals surface area contributed by atoms with Gasteiger partial charge in [-0.1, -0.05) is 12.1 Å². The van der Waals surface area contributed by atoms with E-state index in [0.717, 1.165) is 38.4 Å². The molecule has 0 saturated carbocycles. The predicted octanol–water partition coefficient (Wildman–Crippen LogP) is 1.50. The van der Waals surface area contributed by atoms with Gasteiger partial charge in [-0.25, -0.2) is 0 Å². The largest absolute Gasteiger partial charge is 0.328 e. The second kappa shape index (κ2) is 8.27. The Balaban J connectivity index is 1.85. The fraction of sp³-hybridized carbons (Fsp3) is 0.588. The zero-order chi connectivity index (χ0) is 15.9. The van der Waals surface area contributed by atoms with Crippen LogP contribution in [0.5, 0.6) is 0 Å². The third-order valence-electron chi connectivity index (χ3n) is 4.04. The standard InChI is InChI=1S/C17H28N4O/c1-14(18)6-7-17(22)19-16-5-3-4-15(12-16)13-21-10-8-20(2)9-11-21/h3-5,12,14H,6-11,13,18H2,1-2H3,(H,19,22). The maximum absolute atomic E-state index is 11.9. The Morgan fingerprint density at radius 2 is 2.05 bits per heavy atom. The van der Waals surface area contributed by atoms with Crippen LogP contribution in [-0.4, -0.2) is 55.0 Å². The molecule has 1 aliphatic rings. The molecule has 0 radical (unpaired) electrons. The van der Waals surface area contributed by atoms with E-state index in [0.29, 0.717) is 12.8 Å². The number of hydrogen-bond donors (Lipinski definition) is 2. The highest BCUT2D eigenvalue weighted by Gasteiger charge is 2.14. The quantitative estimate of drug-likeness (QED) is 0.836. The molecule has 0 spiro atoms. The van der Waals surface area contributed by atoms with Crippen LogP contribution in [0.15, 0.2) is 24.3 Å². The number of benzene rings is 1. The highest BCUT2D eigenvalue weighted by molar-refractivity contribution is 5.90. The molecule has 2 rings (SSSR count). The van der Waals surface area contributed by atoms with Crippen molar-refractivity contribution in [3.63, 3.8) is 0 Å². The fourth-order valence-corrected chi connectivity index (χ4v) is 2.59. The molecule has 1 aromatic carbocycles. The van der Waals surface area contributed by atoms with E-state index < -0.39 is 0 Å². The second-order valence-electron chi connectivity index (χ2n) is 6.34. The minimum Gasteiger partial charge on any atom is -0.328 e. The van der Waals surface area contributed by atoms with Crippen LogP contribution in [0.1, 0.15) is 25.3 Å². The minimum absolute atomic E-state index is 0.0362. The summed E-state index contributed by atoms with van der Waals surface area (Å²) in [7, 11) is 2.16. The number of nitrogens with zero attached hydrogens (tertiary/aromatic N) is 2. The van der Waals surface area contributed by atoms with Crippen LogP contribution < -0.4 is 11.1 Å². The Morgan fingerprint density at radius 1 is 1.32 bits per heavy atom. The molecule has 3 N–H and O–H groups in total. The van der Waals surface area contributed by atoms with Crippen molar-refractivity contribution in [2.24, 2.45) is 5.73 Å². The molecule has 1 heterocycles. The first kappa shape index (κ1) is 16.9. The van der Waals surface area contributed by atoms with E-state index in [1.54, 1.807) is 0 Å². The summed E-state index contributed by atoms with van der Waals surface area (Å²) in [6.45, 7) is 7.30. The summed E-state index contributed by atoms with van der Waals surface area (Å²) >= 11 is 0. The van der Waals surface area contributed by atoms with Crippen LogP contribution in [0.3, 0.4) is 0 Å².